The molecular formula is C16H25N2O3+. The third kappa shape index (κ3) is 4.93. The van der Waals surface area contributed by atoms with Crippen molar-refractivity contribution in [3.63, 3.8) is 0 Å². The van der Waals surface area contributed by atoms with Crippen molar-refractivity contribution in [2.75, 3.05) is 39.8 Å². The maximum Gasteiger partial charge on any atom is 0.258 e. The number of phenols is 1. The minimum Gasteiger partial charge on any atom is -0.504 e. The van der Waals surface area contributed by atoms with Gasteiger partial charge in [-0.3, -0.25) is 4.79 Å². The second-order valence-electron chi connectivity index (χ2n) is 5.96. The summed E-state index contributed by atoms with van der Waals surface area (Å²) in [6.45, 7) is 3.96. The number of likely N-dealkylation sites (N-methyl/N-ethyl adjacent to an activating group) is 1. The predicted molar refractivity (Wildman–Crippen MR) is 81.2 cm³/mol. The van der Waals surface area contributed by atoms with Crippen molar-refractivity contribution in [3.05, 3.63) is 24.3 Å². The van der Waals surface area contributed by atoms with Gasteiger partial charge in [-0.05, 0) is 31.4 Å². The van der Waals surface area contributed by atoms with E-state index in [-0.39, 0.29) is 18.3 Å². The Kier molecular flexibility index (Phi) is 5.44. The molecule has 5 nitrogen and oxygen atoms in total. The number of carbonyl (C=O) groups excluding carboxylic acids is 1. The molecule has 1 aromatic carbocycles. The fraction of sp³-hybridized carbons (Fsp3) is 0.562. The average Bonchev–Trinajstić information content (AvgIpc) is 2.47. The van der Waals surface area contributed by atoms with Crippen molar-refractivity contribution in [2.45, 2.75) is 19.3 Å². The molecule has 0 unspecified atom stereocenters. The molecule has 1 saturated heterocycles. The van der Waals surface area contributed by atoms with E-state index in [4.69, 9.17) is 4.74 Å². The third-order valence-electron chi connectivity index (χ3n) is 4.09. The average molecular weight is 293 g/mol. The van der Waals surface area contributed by atoms with Crippen molar-refractivity contribution in [1.82, 2.24) is 5.32 Å². The number of piperidine rings is 1. The lowest BCUT2D eigenvalue weighted by Crippen LogP contribution is -2.51. The number of rotatable bonds is 6. The van der Waals surface area contributed by atoms with Crippen molar-refractivity contribution in [2.24, 2.45) is 0 Å². The molecule has 0 spiro atoms. The molecule has 116 valence electrons. The Labute approximate surface area is 126 Å². The molecule has 1 aliphatic heterocycles. The molecule has 0 bridgehead atoms. The summed E-state index contributed by atoms with van der Waals surface area (Å²) in [7, 11) is 2.25. The van der Waals surface area contributed by atoms with Crippen LogP contribution in [0.1, 0.15) is 19.3 Å². The molecule has 1 heterocycles. The van der Waals surface area contributed by atoms with Gasteiger partial charge in [-0.2, -0.15) is 0 Å². The maximum atomic E-state index is 11.7. The number of aromatic hydroxyl groups is 1. The van der Waals surface area contributed by atoms with E-state index in [1.165, 1.54) is 38.4 Å². The summed E-state index contributed by atoms with van der Waals surface area (Å²) in [4.78, 5) is 11.7. The van der Waals surface area contributed by atoms with Gasteiger partial charge in [-0.25, -0.2) is 0 Å². The van der Waals surface area contributed by atoms with Crippen LogP contribution in [0.5, 0.6) is 11.5 Å². The largest absolute Gasteiger partial charge is 0.504 e. The van der Waals surface area contributed by atoms with Crippen LogP contribution in [0.3, 0.4) is 0 Å². The number of phenolic OH excluding ortho intramolecular Hbond substituents is 1. The van der Waals surface area contributed by atoms with Crippen LogP contribution in [-0.4, -0.2) is 55.3 Å². The number of para-hydroxylation sites is 2. The Morgan fingerprint density at radius 1 is 1.29 bits per heavy atom. The van der Waals surface area contributed by atoms with Gasteiger partial charge in [0.1, 0.15) is 0 Å². The molecule has 1 amide bonds. The van der Waals surface area contributed by atoms with E-state index in [1.54, 1.807) is 18.2 Å². The van der Waals surface area contributed by atoms with Gasteiger partial charge in [-0.15, -0.1) is 0 Å². The Morgan fingerprint density at radius 2 is 2.00 bits per heavy atom. The zero-order valence-corrected chi connectivity index (χ0v) is 12.7. The van der Waals surface area contributed by atoms with Gasteiger partial charge < -0.3 is 19.6 Å². The number of carbonyl (C=O) groups is 1. The van der Waals surface area contributed by atoms with E-state index >= 15 is 0 Å². The molecule has 2 rings (SSSR count). The maximum absolute atomic E-state index is 11.7. The highest BCUT2D eigenvalue weighted by Crippen LogP contribution is 2.23. The summed E-state index contributed by atoms with van der Waals surface area (Å²) in [6, 6.07) is 6.65. The lowest BCUT2D eigenvalue weighted by Gasteiger charge is -2.37. The van der Waals surface area contributed by atoms with Crippen LogP contribution in [0.15, 0.2) is 24.3 Å². The van der Waals surface area contributed by atoms with E-state index in [9.17, 15) is 9.90 Å². The van der Waals surface area contributed by atoms with E-state index < -0.39 is 0 Å². The van der Waals surface area contributed by atoms with Crippen LogP contribution >= 0.6 is 0 Å². The molecule has 0 aromatic heterocycles. The topological polar surface area (TPSA) is 58.6 Å². The minimum absolute atomic E-state index is 0.0525. The molecule has 1 aliphatic rings. The summed E-state index contributed by atoms with van der Waals surface area (Å²) in [5, 5.41) is 12.4. The highest BCUT2D eigenvalue weighted by atomic mass is 16.5. The monoisotopic (exact) mass is 293 g/mol. The normalized spacial score (nSPS) is 17.2. The minimum atomic E-state index is -0.151. The first kappa shape index (κ1) is 15.6. The van der Waals surface area contributed by atoms with Crippen molar-refractivity contribution < 1.29 is 19.1 Å². The second-order valence-corrected chi connectivity index (χ2v) is 5.96. The number of hydrogen-bond donors (Lipinski definition) is 2. The van der Waals surface area contributed by atoms with Crippen molar-refractivity contribution >= 4 is 5.91 Å². The number of hydrogen-bond acceptors (Lipinski definition) is 3. The van der Waals surface area contributed by atoms with Crippen LogP contribution in [-0.2, 0) is 4.79 Å². The standard InChI is InChI=1S/C16H24N2O3/c1-18(10-5-2-6-11-18)12-9-17-16(20)13-21-15-8-4-3-7-14(15)19/h3-4,7-8H,2,5-6,9-13H2,1H3,(H-,17,19,20)/p+1. The Hall–Kier alpha value is -1.75. The zero-order chi connectivity index (χ0) is 15.1. The number of ether oxygens (including phenoxy) is 1. The number of nitrogens with one attached hydrogen (secondary N) is 1. The van der Waals surface area contributed by atoms with Crippen molar-refractivity contribution in [1.29, 1.82) is 0 Å². The lowest BCUT2D eigenvalue weighted by molar-refractivity contribution is -0.912. The molecule has 1 aromatic rings. The molecule has 21 heavy (non-hydrogen) atoms. The Balaban J connectivity index is 1.67. The third-order valence-corrected chi connectivity index (χ3v) is 4.09. The first-order valence-electron chi connectivity index (χ1n) is 7.60. The van der Waals surface area contributed by atoms with Crippen LogP contribution in [0.2, 0.25) is 0 Å². The van der Waals surface area contributed by atoms with Gasteiger partial charge >= 0.3 is 0 Å². The molecule has 2 N–H and O–H groups in total. The van der Waals surface area contributed by atoms with Crippen LogP contribution in [0.4, 0.5) is 0 Å². The van der Waals surface area contributed by atoms with Gasteiger partial charge in [0, 0.05) is 0 Å². The predicted octanol–water partition coefficient (Wildman–Crippen LogP) is 1.52. The molecular weight excluding hydrogens is 268 g/mol. The van der Waals surface area contributed by atoms with Gasteiger partial charge in [0.05, 0.1) is 33.2 Å². The highest BCUT2D eigenvalue weighted by molar-refractivity contribution is 5.77. The highest BCUT2D eigenvalue weighted by Gasteiger charge is 2.24. The first-order chi connectivity index (χ1) is 10.1. The molecule has 1 fully saturated rings. The van der Waals surface area contributed by atoms with Crippen LogP contribution in [0, 0.1) is 0 Å². The zero-order valence-electron chi connectivity index (χ0n) is 12.7. The fourth-order valence-electron chi connectivity index (χ4n) is 2.74. The van der Waals surface area contributed by atoms with E-state index in [0.29, 0.717) is 12.3 Å². The molecule has 0 atom stereocenters. The first-order valence-corrected chi connectivity index (χ1v) is 7.60. The SMILES string of the molecule is C[N+]1(CCNC(=O)COc2ccccc2O)CCCCC1. The van der Waals surface area contributed by atoms with Gasteiger partial charge in [0.15, 0.2) is 18.1 Å². The van der Waals surface area contributed by atoms with E-state index in [1.807, 2.05) is 0 Å². The molecule has 0 saturated carbocycles. The molecule has 0 aliphatic carbocycles. The summed E-state index contributed by atoms with van der Waals surface area (Å²) in [6.07, 6.45) is 3.89. The quantitative estimate of drug-likeness (QED) is 0.782. The van der Waals surface area contributed by atoms with Gasteiger partial charge in [-0.1, -0.05) is 12.1 Å². The number of amides is 1. The number of likely N-dealkylation sites (tertiary alicyclic amines) is 1. The van der Waals surface area contributed by atoms with Crippen LogP contribution < -0.4 is 10.1 Å². The smallest absolute Gasteiger partial charge is 0.258 e. The summed E-state index contributed by atoms with van der Waals surface area (Å²) >= 11 is 0. The van der Waals surface area contributed by atoms with Crippen LogP contribution in [0.25, 0.3) is 0 Å². The van der Waals surface area contributed by atoms with Crippen molar-refractivity contribution in [3.8, 4) is 11.5 Å². The Bertz CT molecular complexity index is 470. The van der Waals surface area contributed by atoms with E-state index in [0.717, 1.165) is 11.0 Å². The van der Waals surface area contributed by atoms with Gasteiger partial charge in [0.25, 0.3) is 5.91 Å². The molecule has 5 heteroatoms. The Morgan fingerprint density at radius 3 is 2.71 bits per heavy atom. The van der Waals surface area contributed by atoms with E-state index in [2.05, 4.69) is 12.4 Å². The fourth-order valence-corrected chi connectivity index (χ4v) is 2.74. The van der Waals surface area contributed by atoms with Gasteiger partial charge in [0.2, 0.25) is 0 Å². The number of quaternary nitrogens is 1. The number of benzene rings is 1. The summed E-state index contributed by atoms with van der Waals surface area (Å²) in [5.41, 5.74) is 0. The molecule has 0 radical (unpaired) electrons. The summed E-state index contributed by atoms with van der Waals surface area (Å²) in [5.74, 6) is 0.237. The second kappa shape index (κ2) is 7.31. The summed E-state index contributed by atoms with van der Waals surface area (Å²) < 4.78 is 6.34. The number of nitrogens with zero attached hydrogens (tertiary/aromatic N) is 1. The lowest BCUT2D eigenvalue weighted by atomic mass is 10.1.